The first kappa shape index (κ1) is 21.3. The molecule has 4 aromatic heterocycles. The van der Waals surface area contributed by atoms with Crippen LogP contribution in [-0.4, -0.2) is 43.9 Å². The highest BCUT2D eigenvalue weighted by Gasteiger charge is 2.25. The predicted octanol–water partition coefficient (Wildman–Crippen LogP) is 4.66. The molecule has 8 heteroatoms. The number of rotatable bonds is 6. The van der Waals surface area contributed by atoms with Gasteiger partial charge in [-0.2, -0.15) is 5.10 Å². The topological polar surface area (TPSA) is 86.5 Å². The summed E-state index contributed by atoms with van der Waals surface area (Å²) in [6.45, 7) is 9.36. The van der Waals surface area contributed by atoms with Gasteiger partial charge in [-0.05, 0) is 57.9 Å². The van der Waals surface area contributed by atoms with Gasteiger partial charge in [-0.15, -0.1) is 0 Å². The van der Waals surface area contributed by atoms with E-state index in [1.165, 1.54) is 0 Å². The van der Waals surface area contributed by atoms with Crippen molar-refractivity contribution in [1.29, 1.82) is 0 Å². The molecule has 0 aromatic carbocycles. The van der Waals surface area contributed by atoms with Crippen molar-refractivity contribution in [1.82, 2.24) is 24.6 Å². The monoisotopic (exact) mass is 444 g/mol. The fraction of sp³-hybridized carbons (Fsp3) is 0.360. The smallest absolute Gasteiger partial charge is 0.154 e. The number of fused-ring (bicyclic) bond motifs is 1. The van der Waals surface area contributed by atoms with Crippen molar-refractivity contribution in [2.45, 2.75) is 40.2 Å². The quantitative estimate of drug-likeness (QED) is 0.463. The number of nitrogens with zero attached hydrogens (tertiary/aromatic N) is 5. The normalized spacial score (nSPS) is 18.1. The molecule has 0 aliphatic carbocycles. The van der Waals surface area contributed by atoms with E-state index in [2.05, 4.69) is 44.4 Å². The van der Waals surface area contributed by atoms with E-state index < -0.39 is 0 Å². The van der Waals surface area contributed by atoms with Crippen molar-refractivity contribution in [2.75, 3.05) is 18.5 Å². The number of anilines is 2. The largest absolute Gasteiger partial charge is 0.491 e. The van der Waals surface area contributed by atoms with Crippen molar-refractivity contribution in [3.05, 3.63) is 59.9 Å². The average molecular weight is 445 g/mol. The van der Waals surface area contributed by atoms with Crippen molar-refractivity contribution in [3.63, 3.8) is 0 Å². The summed E-state index contributed by atoms with van der Waals surface area (Å²) >= 11 is 0. The van der Waals surface area contributed by atoms with E-state index in [1.54, 1.807) is 0 Å². The second kappa shape index (κ2) is 8.78. The molecule has 0 spiro atoms. The molecule has 33 heavy (non-hydrogen) atoms. The molecular formula is C25H28N6O2. The molecule has 0 amide bonds. The Morgan fingerprint density at radius 2 is 1.97 bits per heavy atom. The number of hydrogen-bond donors (Lipinski definition) is 1. The van der Waals surface area contributed by atoms with Crippen molar-refractivity contribution < 1.29 is 9.47 Å². The third-order valence-electron chi connectivity index (χ3n) is 5.99. The molecule has 1 aliphatic heterocycles. The van der Waals surface area contributed by atoms with Crippen LogP contribution < -0.4 is 10.1 Å². The molecule has 2 atom stereocenters. The highest BCUT2D eigenvalue weighted by atomic mass is 16.5. The Morgan fingerprint density at radius 3 is 2.76 bits per heavy atom. The van der Waals surface area contributed by atoms with Gasteiger partial charge < -0.3 is 14.8 Å². The van der Waals surface area contributed by atoms with Gasteiger partial charge in [0, 0.05) is 47.8 Å². The standard InChI is InChI=1S/C25H28N6O2/c1-15-9-22(23(13-26-15)33-14-20-6-8-32-17(20)3)19-5-7-31-21(11-19)12-25(30-31)29-24-10-16(2)27-18(4)28-24/h5,7,9-13,17,20H,6,8,14H2,1-4H3,(H,27,28,29,30). The lowest BCUT2D eigenvalue weighted by Gasteiger charge is -2.17. The Balaban J connectivity index is 1.42. The van der Waals surface area contributed by atoms with E-state index in [-0.39, 0.29) is 6.10 Å². The summed E-state index contributed by atoms with van der Waals surface area (Å²) in [5.74, 6) is 3.37. The minimum atomic E-state index is 0.225. The summed E-state index contributed by atoms with van der Waals surface area (Å²) in [5, 5.41) is 7.91. The summed E-state index contributed by atoms with van der Waals surface area (Å²) in [5.41, 5.74) is 4.90. The van der Waals surface area contributed by atoms with Gasteiger partial charge in [0.15, 0.2) is 5.82 Å². The SMILES string of the molecule is Cc1cc(-c2ccn3nc(Nc4cc(C)nc(C)n4)cc3c2)c(OCC2CCOC2C)cn1. The van der Waals surface area contributed by atoms with E-state index in [4.69, 9.17) is 9.47 Å². The molecular weight excluding hydrogens is 416 g/mol. The van der Waals surface area contributed by atoms with Gasteiger partial charge in [0.05, 0.1) is 24.4 Å². The van der Waals surface area contributed by atoms with Gasteiger partial charge in [-0.3, -0.25) is 4.98 Å². The number of aryl methyl sites for hydroxylation is 3. The fourth-order valence-corrected chi connectivity index (χ4v) is 4.21. The van der Waals surface area contributed by atoms with Gasteiger partial charge in [-0.1, -0.05) is 0 Å². The van der Waals surface area contributed by atoms with Crippen LogP contribution in [-0.2, 0) is 4.74 Å². The third-order valence-corrected chi connectivity index (χ3v) is 5.99. The van der Waals surface area contributed by atoms with Gasteiger partial charge in [-0.25, -0.2) is 14.5 Å². The summed E-state index contributed by atoms with van der Waals surface area (Å²) < 4.78 is 13.7. The van der Waals surface area contributed by atoms with Crippen LogP contribution in [0, 0.1) is 26.7 Å². The van der Waals surface area contributed by atoms with E-state index in [1.807, 2.05) is 55.9 Å². The Morgan fingerprint density at radius 1 is 1.09 bits per heavy atom. The van der Waals surface area contributed by atoms with Gasteiger partial charge in [0.1, 0.15) is 17.4 Å². The Labute approximate surface area is 193 Å². The van der Waals surface area contributed by atoms with Crippen LogP contribution in [0.3, 0.4) is 0 Å². The molecule has 0 saturated carbocycles. The minimum absolute atomic E-state index is 0.225. The summed E-state index contributed by atoms with van der Waals surface area (Å²) in [7, 11) is 0. The van der Waals surface area contributed by atoms with Crippen LogP contribution in [0.15, 0.2) is 42.7 Å². The molecule has 0 radical (unpaired) electrons. The first-order chi connectivity index (χ1) is 15.9. The molecule has 0 bridgehead atoms. The van der Waals surface area contributed by atoms with E-state index in [0.717, 1.165) is 64.3 Å². The summed E-state index contributed by atoms with van der Waals surface area (Å²) in [4.78, 5) is 13.2. The molecule has 4 aromatic rings. The molecule has 1 N–H and O–H groups in total. The third kappa shape index (κ3) is 4.66. The van der Waals surface area contributed by atoms with E-state index in [9.17, 15) is 0 Å². The lowest BCUT2D eigenvalue weighted by atomic mass is 10.0. The summed E-state index contributed by atoms with van der Waals surface area (Å²) in [6, 6.07) is 10.1. The average Bonchev–Trinajstić information content (AvgIpc) is 3.36. The van der Waals surface area contributed by atoms with Crippen molar-refractivity contribution >= 4 is 17.2 Å². The second-order valence-electron chi connectivity index (χ2n) is 8.64. The van der Waals surface area contributed by atoms with Gasteiger partial charge in [0.25, 0.3) is 0 Å². The Kier molecular flexibility index (Phi) is 5.68. The predicted molar refractivity (Wildman–Crippen MR) is 127 cm³/mol. The van der Waals surface area contributed by atoms with Crippen LogP contribution in [0.1, 0.15) is 30.6 Å². The molecule has 5 heterocycles. The maximum absolute atomic E-state index is 6.23. The molecule has 1 fully saturated rings. The second-order valence-corrected chi connectivity index (χ2v) is 8.64. The zero-order valence-electron chi connectivity index (χ0n) is 19.4. The molecule has 2 unspecified atom stereocenters. The summed E-state index contributed by atoms with van der Waals surface area (Å²) in [6.07, 6.45) is 5.03. The van der Waals surface area contributed by atoms with Crippen LogP contribution in [0.5, 0.6) is 5.75 Å². The zero-order chi connectivity index (χ0) is 22.9. The van der Waals surface area contributed by atoms with E-state index in [0.29, 0.717) is 12.5 Å². The molecule has 1 aliphatic rings. The zero-order valence-corrected chi connectivity index (χ0v) is 19.4. The number of pyridine rings is 2. The highest BCUT2D eigenvalue weighted by Crippen LogP contribution is 2.32. The van der Waals surface area contributed by atoms with Crippen LogP contribution in [0.2, 0.25) is 0 Å². The number of aromatic nitrogens is 5. The van der Waals surface area contributed by atoms with Crippen molar-refractivity contribution in [3.8, 4) is 16.9 Å². The van der Waals surface area contributed by atoms with Crippen LogP contribution in [0.25, 0.3) is 16.6 Å². The fourth-order valence-electron chi connectivity index (χ4n) is 4.21. The maximum atomic E-state index is 6.23. The minimum Gasteiger partial charge on any atom is -0.491 e. The molecule has 8 nitrogen and oxygen atoms in total. The first-order valence-corrected chi connectivity index (χ1v) is 11.2. The first-order valence-electron chi connectivity index (χ1n) is 11.2. The van der Waals surface area contributed by atoms with E-state index >= 15 is 0 Å². The Bertz CT molecular complexity index is 1280. The molecule has 5 rings (SSSR count). The number of nitrogens with one attached hydrogen (secondary N) is 1. The maximum Gasteiger partial charge on any atom is 0.154 e. The van der Waals surface area contributed by atoms with Gasteiger partial charge >= 0.3 is 0 Å². The molecule has 170 valence electrons. The van der Waals surface area contributed by atoms with Crippen molar-refractivity contribution in [2.24, 2.45) is 5.92 Å². The number of hydrogen-bond acceptors (Lipinski definition) is 7. The molecule has 1 saturated heterocycles. The van der Waals surface area contributed by atoms with Gasteiger partial charge in [0.2, 0.25) is 0 Å². The number of ether oxygens (including phenoxy) is 2. The van der Waals surface area contributed by atoms with Crippen LogP contribution >= 0.6 is 0 Å². The van der Waals surface area contributed by atoms with Crippen LogP contribution in [0.4, 0.5) is 11.6 Å². The lowest BCUT2D eigenvalue weighted by Crippen LogP contribution is -2.19. The lowest BCUT2D eigenvalue weighted by molar-refractivity contribution is 0.0905. The Hall–Kier alpha value is -3.52. The highest BCUT2D eigenvalue weighted by molar-refractivity contribution is 5.75.